The van der Waals surface area contributed by atoms with Gasteiger partial charge in [-0.1, -0.05) is 12.1 Å². The molecule has 1 unspecified atom stereocenters. The van der Waals surface area contributed by atoms with Crippen LogP contribution in [-0.4, -0.2) is 61.3 Å². The number of likely N-dealkylation sites (tertiary alicyclic amines) is 1. The van der Waals surface area contributed by atoms with Crippen molar-refractivity contribution in [1.82, 2.24) is 10.2 Å². The second kappa shape index (κ2) is 6.72. The van der Waals surface area contributed by atoms with Crippen LogP contribution in [0.15, 0.2) is 24.3 Å². The predicted molar refractivity (Wildman–Crippen MR) is 79.7 cm³/mol. The van der Waals surface area contributed by atoms with Gasteiger partial charge < -0.3 is 19.7 Å². The van der Waals surface area contributed by atoms with Crippen LogP contribution in [0.4, 0.5) is 8.78 Å². The summed E-state index contributed by atoms with van der Waals surface area (Å²) in [6.45, 7) is 0.268. The lowest BCUT2D eigenvalue weighted by Crippen LogP contribution is -2.64. The summed E-state index contributed by atoms with van der Waals surface area (Å²) in [6, 6.07) is 5.53. The zero-order valence-corrected chi connectivity index (χ0v) is 13.0. The van der Waals surface area contributed by atoms with Crippen LogP contribution in [0.5, 0.6) is 5.75 Å². The van der Waals surface area contributed by atoms with E-state index in [1.54, 1.807) is 6.07 Å². The van der Waals surface area contributed by atoms with E-state index in [-0.39, 0.29) is 57.0 Å². The molecule has 130 valence electrons. The number of alkyl halides is 1. The molecular weight excluding hydrogens is 322 g/mol. The minimum absolute atomic E-state index is 0.0110. The minimum atomic E-state index is -1.97. The summed E-state index contributed by atoms with van der Waals surface area (Å²) in [5.74, 6) is -1.54. The second-order valence-corrected chi connectivity index (χ2v) is 5.96. The molecule has 24 heavy (non-hydrogen) atoms. The smallest absolute Gasteiger partial charge is 0.260 e. The summed E-state index contributed by atoms with van der Waals surface area (Å²) < 4.78 is 37.6. The van der Waals surface area contributed by atoms with E-state index < -0.39 is 17.4 Å². The van der Waals surface area contributed by atoms with Gasteiger partial charge in [0.2, 0.25) is 5.67 Å². The number of nitrogens with zero attached hydrogens (tertiary/aromatic N) is 1. The van der Waals surface area contributed by atoms with Crippen molar-refractivity contribution in [2.45, 2.75) is 18.1 Å². The van der Waals surface area contributed by atoms with Crippen LogP contribution in [-0.2, 0) is 14.3 Å². The Balaban J connectivity index is 1.40. The Labute approximate surface area is 137 Å². The van der Waals surface area contributed by atoms with E-state index in [1.165, 1.54) is 23.1 Å². The largest absolute Gasteiger partial charge is 0.481 e. The summed E-state index contributed by atoms with van der Waals surface area (Å²) in [6.07, 6.45) is 0.0463. The van der Waals surface area contributed by atoms with Gasteiger partial charge in [-0.05, 0) is 12.1 Å². The summed E-state index contributed by atoms with van der Waals surface area (Å²) in [5.41, 5.74) is -1.97. The van der Waals surface area contributed by atoms with Crippen molar-refractivity contribution in [2.75, 3.05) is 32.9 Å². The van der Waals surface area contributed by atoms with Crippen LogP contribution in [0.25, 0.3) is 0 Å². The van der Waals surface area contributed by atoms with E-state index in [2.05, 4.69) is 5.32 Å². The molecule has 0 radical (unpaired) electrons. The maximum Gasteiger partial charge on any atom is 0.260 e. The molecule has 0 aromatic heterocycles. The van der Waals surface area contributed by atoms with Gasteiger partial charge in [-0.2, -0.15) is 0 Å². The first kappa shape index (κ1) is 16.6. The maximum atomic E-state index is 14.2. The van der Waals surface area contributed by atoms with Crippen molar-refractivity contribution < 1.29 is 27.8 Å². The van der Waals surface area contributed by atoms with Crippen LogP contribution in [0.2, 0.25) is 0 Å². The third-order valence-electron chi connectivity index (χ3n) is 4.14. The van der Waals surface area contributed by atoms with Crippen molar-refractivity contribution in [3.05, 3.63) is 30.1 Å². The number of ether oxygens (including phenoxy) is 2. The number of amides is 2. The Bertz CT molecular complexity index is 628. The molecule has 8 heteroatoms. The normalized spacial score (nSPS) is 23.7. The lowest BCUT2D eigenvalue weighted by Gasteiger charge is -2.40. The highest BCUT2D eigenvalue weighted by Crippen LogP contribution is 2.24. The molecule has 1 N–H and O–H groups in total. The van der Waals surface area contributed by atoms with Crippen LogP contribution in [0, 0.1) is 5.82 Å². The summed E-state index contributed by atoms with van der Waals surface area (Å²) in [7, 11) is 0. The van der Waals surface area contributed by atoms with Gasteiger partial charge in [-0.3, -0.25) is 9.59 Å². The van der Waals surface area contributed by atoms with Crippen molar-refractivity contribution in [3.8, 4) is 5.75 Å². The fourth-order valence-electron chi connectivity index (χ4n) is 2.60. The van der Waals surface area contributed by atoms with Gasteiger partial charge in [0.05, 0.1) is 19.3 Å². The Kier molecular flexibility index (Phi) is 4.66. The number of nitrogens with one attached hydrogen (secondary N) is 1. The molecule has 1 aromatic carbocycles. The third-order valence-corrected chi connectivity index (χ3v) is 4.14. The van der Waals surface area contributed by atoms with Crippen molar-refractivity contribution in [2.24, 2.45) is 0 Å². The standard InChI is InChI=1S/C16H18F2N2O4/c17-12-3-1-2-4-13(12)24-9-14(21)20-7-11(8-20)19-15(22)16(18)5-6-23-10-16/h1-4,11H,5-10H2,(H,19,22). The molecule has 1 aromatic rings. The molecule has 2 saturated heterocycles. The predicted octanol–water partition coefficient (Wildman–Crippen LogP) is 0.660. The average molecular weight is 340 g/mol. The number of para-hydroxylation sites is 1. The Morgan fingerprint density at radius 3 is 2.79 bits per heavy atom. The topological polar surface area (TPSA) is 67.9 Å². The number of rotatable bonds is 5. The average Bonchev–Trinajstić information content (AvgIpc) is 2.97. The van der Waals surface area contributed by atoms with Gasteiger partial charge in [0.15, 0.2) is 18.2 Å². The first-order chi connectivity index (χ1) is 11.5. The highest BCUT2D eigenvalue weighted by atomic mass is 19.1. The van der Waals surface area contributed by atoms with Gasteiger partial charge in [0.1, 0.15) is 0 Å². The van der Waals surface area contributed by atoms with Crippen LogP contribution < -0.4 is 10.1 Å². The molecular formula is C16H18F2N2O4. The summed E-state index contributed by atoms with van der Waals surface area (Å²) >= 11 is 0. The number of carbonyl (C=O) groups is 2. The van der Waals surface area contributed by atoms with Gasteiger partial charge in [0.25, 0.3) is 11.8 Å². The molecule has 0 bridgehead atoms. The van der Waals surface area contributed by atoms with Crippen LogP contribution in [0.1, 0.15) is 6.42 Å². The maximum absolute atomic E-state index is 14.2. The molecule has 2 amide bonds. The highest BCUT2D eigenvalue weighted by Gasteiger charge is 2.44. The number of hydrogen-bond acceptors (Lipinski definition) is 4. The molecule has 0 saturated carbocycles. The van der Waals surface area contributed by atoms with E-state index in [9.17, 15) is 18.4 Å². The van der Waals surface area contributed by atoms with Crippen molar-refractivity contribution >= 4 is 11.8 Å². The molecule has 3 rings (SSSR count). The molecule has 6 nitrogen and oxygen atoms in total. The molecule has 2 heterocycles. The number of halogens is 2. The van der Waals surface area contributed by atoms with E-state index in [0.717, 1.165) is 0 Å². The van der Waals surface area contributed by atoms with Gasteiger partial charge >= 0.3 is 0 Å². The van der Waals surface area contributed by atoms with E-state index in [1.807, 2.05) is 0 Å². The fraction of sp³-hybridized carbons (Fsp3) is 0.500. The Morgan fingerprint density at radius 2 is 2.12 bits per heavy atom. The van der Waals surface area contributed by atoms with Gasteiger partial charge in [0, 0.05) is 19.5 Å². The van der Waals surface area contributed by atoms with Crippen LogP contribution >= 0.6 is 0 Å². The monoisotopic (exact) mass is 340 g/mol. The van der Waals surface area contributed by atoms with E-state index >= 15 is 0 Å². The van der Waals surface area contributed by atoms with E-state index in [0.29, 0.717) is 0 Å². The van der Waals surface area contributed by atoms with Crippen molar-refractivity contribution in [3.63, 3.8) is 0 Å². The number of hydrogen-bond donors (Lipinski definition) is 1. The third kappa shape index (κ3) is 3.48. The Morgan fingerprint density at radius 1 is 1.38 bits per heavy atom. The van der Waals surface area contributed by atoms with Crippen LogP contribution in [0.3, 0.4) is 0 Å². The summed E-state index contributed by atoms with van der Waals surface area (Å²) in [4.78, 5) is 25.3. The first-order valence-electron chi connectivity index (χ1n) is 7.71. The molecule has 2 aliphatic heterocycles. The molecule has 2 fully saturated rings. The van der Waals surface area contributed by atoms with E-state index in [4.69, 9.17) is 9.47 Å². The van der Waals surface area contributed by atoms with Gasteiger partial charge in [-0.15, -0.1) is 0 Å². The van der Waals surface area contributed by atoms with Crippen molar-refractivity contribution in [1.29, 1.82) is 0 Å². The number of carbonyl (C=O) groups excluding carboxylic acids is 2. The lowest BCUT2D eigenvalue weighted by molar-refractivity contribution is -0.142. The fourth-order valence-corrected chi connectivity index (χ4v) is 2.60. The first-order valence-corrected chi connectivity index (χ1v) is 7.71. The zero-order valence-electron chi connectivity index (χ0n) is 13.0. The molecule has 0 spiro atoms. The van der Waals surface area contributed by atoms with Gasteiger partial charge in [-0.25, -0.2) is 8.78 Å². The minimum Gasteiger partial charge on any atom is -0.481 e. The second-order valence-electron chi connectivity index (χ2n) is 5.96. The Hall–Kier alpha value is -2.22. The summed E-state index contributed by atoms with van der Waals surface area (Å²) in [5, 5.41) is 2.58. The zero-order chi connectivity index (χ0) is 17.2. The number of benzene rings is 1. The SMILES string of the molecule is O=C(COc1ccccc1F)N1CC(NC(=O)C2(F)CCOC2)C1. The molecule has 0 aliphatic carbocycles. The highest BCUT2D eigenvalue weighted by molar-refractivity contribution is 5.86. The lowest BCUT2D eigenvalue weighted by atomic mass is 10.0. The molecule has 2 aliphatic rings. The molecule has 1 atom stereocenters. The quantitative estimate of drug-likeness (QED) is 0.855.